The standard InChI is InChI=1S/C7H14OS/c1-5-4-6(2)9-7(3)8-5/h5-7H,4H2,1-3H3/t5-,6-,7-/m0/s1. The van der Waals surface area contributed by atoms with Crippen molar-refractivity contribution >= 4 is 11.8 Å². The van der Waals surface area contributed by atoms with Crippen molar-refractivity contribution in [3.63, 3.8) is 0 Å². The van der Waals surface area contributed by atoms with Gasteiger partial charge in [-0.1, -0.05) is 6.92 Å². The van der Waals surface area contributed by atoms with E-state index in [1.54, 1.807) is 0 Å². The summed E-state index contributed by atoms with van der Waals surface area (Å²) in [6.07, 6.45) is 1.67. The minimum atomic E-state index is 0.406. The highest BCUT2D eigenvalue weighted by molar-refractivity contribution is 8.00. The number of ether oxygens (including phenoxy) is 1. The third kappa shape index (κ3) is 2.18. The molecule has 3 atom stereocenters. The Kier molecular flexibility index (Phi) is 2.42. The largest absolute Gasteiger partial charge is 0.365 e. The molecule has 9 heavy (non-hydrogen) atoms. The molecule has 1 fully saturated rings. The molecule has 1 nitrogen and oxygen atoms in total. The van der Waals surface area contributed by atoms with Crippen LogP contribution in [0.1, 0.15) is 27.2 Å². The molecular weight excluding hydrogens is 132 g/mol. The van der Waals surface area contributed by atoms with Crippen molar-refractivity contribution in [1.82, 2.24) is 0 Å². The summed E-state index contributed by atoms with van der Waals surface area (Å²) in [5, 5.41) is 0.781. The van der Waals surface area contributed by atoms with Gasteiger partial charge in [0.25, 0.3) is 0 Å². The van der Waals surface area contributed by atoms with Crippen LogP contribution >= 0.6 is 11.8 Å². The van der Waals surface area contributed by atoms with Crippen LogP contribution in [0.2, 0.25) is 0 Å². The molecule has 2 heteroatoms. The van der Waals surface area contributed by atoms with Crippen molar-refractivity contribution in [2.24, 2.45) is 0 Å². The number of hydrogen-bond acceptors (Lipinski definition) is 2. The van der Waals surface area contributed by atoms with Crippen LogP contribution in [0, 0.1) is 0 Å². The molecule has 1 saturated heterocycles. The van der Waals surface area contributed by atoms with E-state index in [2.05, 4.69) is 20.8 Å². The quantitative estimate of drug-likeness (QED) is 0.518. The molecule has 0 saturated carbocycles. The fourth-order valence-electron chi connectivity index (χ4n) is 1.26. The minimum absolute atomic E-state index is 0.406. The zero-order valence-electron chi connectivity index (χ0n) is 6.26. The topological polar surface area (TPSA) is 9.23 Å². The Morgan fingerprint density at radius 1 is 1.33 bits per heavy atom. The van der Waals surface area contributed by atoms with Crippen LogP contribution in [0.25, 0.3) is 0 Å². The zero-order chi connectivity index (χ0) is 6.85. The van der Waals surface area contributed by atoms with E-state index in [4.69, 9.17) is 4.74 Å². The first-order chi connectivity index (χ1) is 4.18. The zero-order valence-corrected chi connectivity index (χ0v) is 7.07. The maximum Gasteiger partial charge on any atom is 0.101 e. The lowest BCUT2D eigenvalue weighted by Crippen LogP contribution is -2.25. The van der Waals surface area contributed by atoms with E-state index < -0.39 is 0 Å². The van der Waals surface area contributed by atoms with E-state index in [0.29, 0.717) is 11.5 Å². The third-order valence-electron chi connectivity index (χ3n) is 1.51. The van der Waals surface area contributed by atoms with Crippen LogP contribution in [0.5, 0.6) is 0 Å². The van der Waals surface area contributed by atoms with Gasteiger partial charge < -0.3 is 4.74 Å². The second-order valence-electron chi connectivity index (χ2n) is 2.70. The molecule has 1 aliphatic rings. The van der Waals surface area contributed by atoms with Crippen LogP contribution in [-0.2, 0) is 4.74 Å². The van der Waals surface area contributed by atoms with Crippen LogP contribution in [0.3, 0.4) is 0 Å². The Labute approximate surface area is 61.2 Å². The number of hydrogen-bond donors (Lipinski definition) is 0. The molecule has 0 amide bonds. The molecule has 0 unspecified atom stereocenters. The van der Waals surface area contributed by atoms with E-state index in [1.165, 1.54) is 6.42 Å². The molecule has 0 bridgehead atoms. The summed E-state index contributed by atoms with van der Waals surface area (Å²) in [7, 11) is 0. The first kappa shape index (κ1) is 7.42. The average molecular weight is 146 g/mol. The summed E-state index contributed by atoms with van der Waals surface area (Å²) in [6.45, 7) is 6.53. The van der Waals surface area contributed by atoms with Gasteiger partial charge in [-0.25, -0.2) is 0 Å². The van der Waals surface area contributed by atoms with Gasteiger partial charge in [0.2, 0.25) is 0 Å². The molecule has 1 rings (SSSR count). The van der Waals surface area contributed by atoms with Crippen molar-refractivity contribution in [3.8, 4) is 0 Å². The summed E-state index contributed by atoms with van der Waals surface area (Å²) in [5.41, 5.74) is 0.406. The van der Waals surface area contributed by atoms with Crippen LogP contribution < -0.4 is 0 Å². The summed E-state index contributed by atoms with van der Waals surface area (Å²) in [6, 6.07) is 0. The monoisotopic (exact) mass is 146 g/mol. The fraction of sp³-hybridized carbons (Fsp3) is 1.00. The molecular formula is C7H14OS. The van der Waals surface area contributed by atoms with Gasteiger partial charge in [0, 0.05) is 5.25 Å². The number of thioether (sulfide) groups is 1. The van der Waals surface area contributed by atoms with Crippen molar-refractivity contribution in [2.75, 3.05) is 0 Å². The van der Waals surface area contributed by atoms with Crippen LogP contribution in [0.4, 0.5) is 0 Å². The molecule has 54 valence electrons. The third-order valence-corrected chi connectivity index (χ3v) is 2.66. The highest BCUT2D eigenvalue weighted by atomic mass is 32.2. The Morgan fingerprint density at radius 3 is 2.44 bits per heavy atom. The Bertz CT molecular complexity index is 69.9. The first-order valence-corrected chi connectivity index (χ1v) is 4.43. The van der Waals surface area contributed by atoms with Gasteiger partial charge in [0.05, 0.1) is 6.10 Å². The molecule has 1 heterocycles. The van der Waals surface area contributed by atoms with Crippen molar-refractivity contribution in [1.29, 1.82) is 0 Å². The van der Waals surface area contributed by atoms with Gasteiger partial charge in [-0.2, -0.15) is 0 Å². The van der Waals surface area contributed by atoms with Crippen molar-refractivity contribution < 1.29 is 4.74 Å². The summed E-state index contributed by atoms with van der Waals surface area (Å²) >= 11 is 1.92. The molecule has 0 spiro atoms. The van der Waals surface area contributed by atoms with E-state index in [1.807, 2.05) is 11.8 Å². The van der Waals surface area contributed by atoms with Crippen LogP contribution in [-0.4, -0.2) is 16.8 Å². The maximum absolute atomic E-state index is 5.52. The van der Waals surface area contributed by atoms with Crippen molar-refractivity contribution in [2.45, 2.75) is 44.0 Å². The SMILES string of the molecule is C[C@H]1C[C@H](C)S[C@@H](C)O1. The lowest BCUT2D eigenvalue weighted by atomic mass is 10.2. The lowest BCUT2D eigenvalue weighted by molar-refractivity contribution is 0.0419. The summed E-state index contributed by atoms with van der Waals surface area (Å²) < 4.78 is 5.52. The second kappa shape index (κ2) is 2.93. The van der Waals surface area contributed by atoms with Gasteiger partial charge in [-0.05, 0) is 20.3 Å². The number of rotatable bonds is 0. The smallest absolute Gasteiger partial charge is 0.101 e. The molecule has 0 aromatic heterocycles. The summed E-state index contributed by atoms with van der Waals surface area (Å²) in [5.74, 6) is 0. The first-order valence-electron chi connectivity index (χ1n) is 3.49. The predicted molar refractivity (Wildman–Crippen MR) is 41.7 cm³/mol. The average Bonchev–Trinajstić information content (AvgIpc) is 1.59. The van der Waals surface area contributed by atoms with Gasteiger partial charge in [-0.15, -0.1) is 11.8 Å². The summed E-state index contributed by atoms with van der Waals surface area (Å²) in [4.78, 5) is 0. The lowest BCUT2D eigenvalue weighted by Gasteiger charge is -2.29. The minimum Gasteiger partial charge on any atom is -0.365 e. The Hall–Kier alpha value is 0.310. The Morgan fingerprint density at radius 2 is 2.00 bits per heavy atom. The van der Waals surface area contributed by atoms with E-state index >= 15 is 0 Å². The highest BCUT2D eigenvalue weighted by Crippen LogP contribution is 2.29. The van der Waals surface area contributed by atoms with Gasteiger partial charge in [-0.3, -0.25) is 0 Å². The highest BCUT2D eigenvalue weighted by Gasteiger charge is 2.20. The second-order valence-corrected chi connectivity index (χ2v) is 4.44. The molecule has 0 aromatic rings. The van der Waals surface area contributed by atoms with Gasteiger partial charge in [0.1, 0.15) is 5.44 Å². The van der Waals surface area contributed by atoms with Gasteiger partial charge >= 0.3 is 0 Å². The van der Waals surface area contributed by atoms with Crippen molar-refractivity contribution in [3.05, 3.63) is 0 Å². The molecule has 0 aliphatic carbocycles. The maximum atomic E-state index is 5.52. The normalized spacial score (nSPS) is 45.0. The van der Waals surface area contributed by atoms with Gasteiger partial charge in [0.15, 0.2) is 0 Å². The molecule has 1 aliphatic heterocycles. The molecule has 0 N–H and O–H groups in total. The molecule has 0 radical (unpaired) electrons. The Balaban J connectivity index is 2.34. The van der Waals surface area contributed by atoms with Crippen LogP contribution in [0.15, 0.2) is 0 Å². The molecule has 0 aromatic carbocycles. The van der Waals surface area contributed by atoms with E-state index in [9.17, 15) is 0 Å². The van der Waals surface area contributed by atoms with E-state index in [-0.39, 0.29) is 0 Å². The fourth-order valence-corrected chi connectivity index (χ4v) is 2.56. The predicted octanol–water partition coefficient (Wildman–Crippen LogP) is 2.26. The van der Waals surface area contributed by atoms with E-state index in [0.717, 1.165) is 5.25 Å².